The molecule has 2 rings (SSSR count). The van der Waals surface area contributed by atoms with Crippen molar-refractivity contribution in [2.45, 2.75) is 39.7 Å². The normalized spacial score (nSPS) is 19.1. The molecule has 1 aliphatic rings. The van der Waals surface area contributed by atoms with E-state index in [1.165, 1.54) is 9.88 Å². The Labute approximate surface area is 112 Å². The van der Waals surface area contributed by atoms with Crippen molar-refractivity contribution in [2.75, 3.05) is 13.2 Å². The van der Waals surface area contributed by atoms with Gasteiger partial charge in [0.2, 0.25) is 5.91 Å². The van der Waals surface area contributed by atoms with Crippen molar-refractivity contribution in [2.24, 2.45) is 5.92 Å². The van der Waals surface area contributed by atoms with Crippen LogP contribution in [-0.4, -0.2) is 24.1 Å². The maximum atomic E-state index is 11.9. The topological polar surface area (TPSA) is 51.2 Å². The van der Waals surface area contributed by atoms with Crippen LogP contribution in [0.4, 0.5) is 0 Å². The first-order valence-corrected chi connectivity index (χ1v) is 7.33. The fraction of sp³-hybridized carbons (Fsp3) is 0.692. The number of carbonyl (C=O) groups is 1. The Morgan fingerprint density at radius 3 is 3.11 bits per heavy atom. The monoisotopic (exact) mass is 268 g/mol. The van der Waals surface area contributed by atoms with Gasteiger partial charge in [0.15, 0.2) is 0 Å². The van der Waals surface area contributed by atoms with Gasteiger partial charge in [0.1, 0.15) is 0 Å². The average molecular weight is 268 g/mol. The highest BCUT2D eigenvalue weighted by molar-refractivity contribution is 7.11. The zero-order valence-corrected chi connectivity index (χ0v) is 11.8. The second-order valence-electron chi connectivity index (χ2n) is 4.64. The Hall–Kier alpha value is -0.940. The molecule has 1 fully saturated rings. The lowest BCUT2D eigenvalue weighted by molar-refractivity contribution is -0.125. The molecule has 0 aliphatic carbocycles. The first-order valence-electron chi connectivity index (χ1n) is 6.51. The molecule has 0 unspecified atom stereocenters. The van der Waals surface area contributed by atoms with Gasteiger partial charge in [-0.3, -0.25) is 4.79 Å². The highest BCUT2D eigenvalue weighted by Gasteiger charge is 2.23. The first kappa shape index (κ1) is 13.5. The molecule has 0 radical (unpaired) electrons. The number of rotatable bonds is 5. The molecule has 1 aromatic rings. The van der Waals surface area contributed by atoms with E-state index in [9.17, 15) is 4.79 Å². The van der Waals surface area contributed by atoms with Crippen molar-refractivity contribution in [1.82, 2.24) is 10.3 Å². The molecule has 1 saturated heterocycles. The zero-order chi connectivity index (χ0) is 13.0. The third kappa shape index (κ3) is 3.29. The third-order valence-corrected chi connectivity index (χ3v) is 4.34. The van der Waals surface area contributed by atoms with Crippen LogP contribution >= 0.6 is 11.3 Å². The number of amides is 1. The van der Waals surface area contributed by atoms with Crippen molar-refractivity contribution < 1.29 is 9.53 Å². The fourth-order valence-electron chi connectivity index (χ4n) is 2.03. The van der Waals surface area contributed by atoms with Crippen molar-refractivity contribution in [1.29, 1.82) is 0 Å². The van der Waals surface area contributed by atoms with Crippen LogP contribution < -0.4 is 5.32 Å². The summed E-state index contributed by atoms with van der Waals surface area (Å²) in [5, 5.41) is 4.16. The third-order valence-electron chi connectivity index (χ3n) is 3.12. The van der Waals surface area contributed by atoms with E-state index in [2.05, 4.69) is 17.2 Å². The lowest BCUT2D eigenvalue weighted by atomic mass is 10.1. The summed E-state index contributed by atoms with van der Waals surface area (Å²) < 4.78 is 5.22. The molecule has 1 amide bonds. The number of nitrogens with one attached hydrogen (secondary N) is 1. The van der Waals surface area contributed by atoms with E-state index in [0.29, 0.717) is 19.8 Å². The van der Waals surface area contributed by atoms with E-state index < -0.39 is 0 Å². The van der Waals surface area contributed by atoms with Gasteiger partial charge in [-0.15, -0.1) is 11.3 Å². The van der Waals surface area contributed by atoms with E-state index in [0.717, 1.165) is 25.0 Å². The smallest absolute Gasteiger partial charge is 0.225 e. The average Bonchev–Trinajstić information content (AvgIpc) is 2.97. The van der Waals surface area contributed by atoms with Crippen LogP contribution in [0.3, 0.4) is 0 Å². The molecule has 0 bridgehead atoms. The second kappa shape index (κ2) is 6.29. The van der Waals surface area contributed by atoms with E-state index in [1.807, 2.05) is 6.92 Å². The molecule has 18 heavy (non-hydrogen) atoms. The summed E-state index contributed by atoms with van der Waals surface area (Å²) in [7, 11) is 0. The molecule has 0 aromatic carbocycles. The van der Waals surface area contributed by atoms with Gasteiger partial charge in [-0.05, 0) is 26.2 Å². The van der Waals surface area contributed by atoms with Crippen molar-refractivity contribution in [3.05, 3.63) is 15.6 Å². The number of hydrogen-bond donors (Lipinski definition) is 1. The number of aryl methyl sites for hydroxylation is 2. The van der Waals surface area contributed by atoms with Gasteiger partial charge in [-0.2, -0.15) is 0 Å². The standard InChI is InChI=1S/C13H20N2O2S/c1-3-4-12-15-9(2)11(18-12)7-14-13(16)10-5-6-17-8-10/h10H,3-8H2,1-2H3,(H,14,16)/t10-/m1/s1. The maximum Gasteiger partial charge on any atom is 0.225 e. The minimum Gasteiger partial charge on any atom is -0.381 e. The molecule has 1 N–H and O–H groups in total. The van der Waals surface area contributed by atoms with E-state index in [1.54, 1.807) is 11.3 Å². The minimum absolute atomic E-state index is 0.0355. The largest absolute Gasteiger partial charge is 0.381 e. The van der Waals surface area contributed by atoms with Crippen LogP contribution in [0.1, 0.15) is 35.3 Å². The zero-order valence-electron chi connectivity index (χ0n) is 11.0. The summed E-state index contributed by atoms with van der Waals surface area (Å²) in [6.07, 6.45) is 2.97. The maximum absolute atomic E-state index is 11.9. The summed E-state index contributed by atoms with van der Waals surface area (Å²) in [5.41, 5.74) is 1.05. The van der Waals surface area contributed by atoms with Gasteiger partial charge in [0.25, 0.3) is 0 Å². The van der Waals surface area contributed by atoms with Crippen LogP contribution in [-0.2, 0) is 22.5 Å². The molecule has 100 valence electrons. The number of hydrogen-bond acceptors (Lipinski definition) is 4. The molecule has 0 spiro atoms. The van der Waals surface area contributed by atoms with Gasteiger partial charge in [0.05, 0.1) is 29.8 Å². The van der Waals surface area contributed by atoms with Gasteiger partial charge in [-0.25, -0.2) is 4.98 Å². The molecule has 0 saturated carbocycles. The number of aromatic nitrogens is 1. The van der Waals surface area contributed by atoms with Crippen molar-refractivity contribution in [3.8, 4) is 0 Å². The molecule has 1 atom stereocenters. The number of carbonyl (C=O) groups excluding carboxylic acids is 1. The second-order valence-corrected chi connectivity index (χ2v) is 5.81. The Balaban J connectivity index is 1.87. The Kier molecular flexibility index (Phi) is 4.72. The number of nitrogens with zero attached hydrogens (tertiary/aromatic N) is 1. The predicted octanol–water partition coefficient (Wildman–Crippen LogP) is 2.06. The van der Waals surface area contributed by atoms with Crippen LogP contribution in [0.15, 0.2) is 0 Å². The molecular formula is C13H20N2O2S. The fourth-order valence-corrected chi connectivity index (χ4v) is 3.14. The summed E-state index contributed by atoms with van der Waals surface area (Å²) in [6, 6.07) is 0. The Bertz CT molecular complexity index is 411. The van der Waals surface area contributed by atoms with Gasteiger partial charge in [0, 0.05) is 11.5 Å². The van der Waals surface area contributed by atoms with Crippen LogP contribution in [0.2, 0.25) is 0 Å². The van der Waals surface area contributed by atoms with E-state index >= 15 is 0 Å². The van der Waals surface area contributed by atoms with E-state index in [-0.39, 0.29) is 11.8 Å². The van der Waals surface area contributed by atoms with Crippen LogP contribution in [0.5, 0.6) is 0 Å². The first-order chi connectivity index (χ1) is 8.70. The SMILES string of the molecule is CCCc1nc(C)c(CNC(=O)[C@@H]2CCOC2)s1. The summed E-state index contributed by atoms with van der Waals surface area (Å²) >= 11 is 1.71. The number of ether oxygens (including phenoxy) is 1. The number of thiazole rings is 1. The van der Waals surface area contributed by atoms with E-state index in [4.69, 9.17) is 4.74 Å². The minimum atomic E-state index is 0.0355. The molecule has 4 nitrogen and oxygen atoms in total. The lowest BCUT2D eigenvalue weighted by Gasteiger charge is -2.08. The molecule has 1 aromatic heterocycles. The Morgan fingerprint density at radius 1 is 1.61 bits per heavy atom. The van der Waals surface area contributed by atoms with Gasteiger partial charge >= 0.3 is 0 Å². The van der Waals surface area contributed by atoms with Gasteiger partial charge < -0.3 is 10.1 Å². The van der Waals surface area contributed by atoms with Crippen LogP contribution in [0, 0.1) is 12.8 Å². The summed E-state index contributed by atoms with van der Waals surface area (Å²) in [5.74, 6) is 0.144. The summed E-state index contributed by atoms with van der Waals surface area (Å²) in [4.78, 5) is 17.5. The molecule has 1 aliphatic heterocycles. The highest BCUT2D eigenvalue weighted by Crippen LogP contribution is 2.19. The molecule has 2 heterocycles. The Morgan fingerprint density at radius 2 is 2.44 bits per heavy atom. The van der Waals surface area contributed by atoms with Crippen molar-refractivity contribution in [3.63, 3.8) is 0 Å². The highest BCUT2D eigenvalue weighted by atomic mass is 32.1. The predicted molar refractivity (Wildman–Crippen MR) is 71.6 cm³/mol. The van der Waals surface area contributed by atoms with Gasteiger partial charge in [-0.1, -0.05) is 6.92 Å². The van der Waals surface area contributed by atoms with Crippen LogP contribution in [0.25, 0.3) is 0 Å². The lowest BCUT2D eigenvalue weighted by Crippen LogP contribution is -2.30. The quantitative estimate of drug-likeness (QED) is 0.889. The molecular weight excluding hydrogens is 248 g/mol. The van der Waals surface area contributed by atoms with Crippen molar-refractivity contribution >= 4 is 17.2 Å². The molecule has 5 heteroatoms. The summed E-state index contributed by atoms with van der Waals surface area (Å²) in [6.45, 7) is 6.03.